The third kappa shape index (κ3) is 3.96. The first-order chi connectivity index (χ1) is 10.0. The molecule has 0 radical (unpaired) electrons. The van der Waals surface area contributed by atoms with Gasteiger partial charge in [0.15, 0.2) is 0 Å². The zero-order valence-electron chi connectivity index (χ0n) is 13.5. The molecule has 0 aliphatic carbocycles. The zero-order valence-corrected chi connectivity index (χ0v) is 13.5. The molecule has 0 bridgehead atoms. The van der Waals surface area contributed by atoms with Crippen molar-refractivity contribution < 1.29 is 9.59 Å². The van der Waals surface area contributed by atoms with Crippen molar-refractivity contribution in [2.24, 2.45) is 5.92 Å². The van der Waals surface area contributed by atoms with Crippen LogP contribution in [-0.4, -0.2) is 47.9 Å². The van der Waals surface area contributed by atoms with Gasteiger partial charge >= 0.3 is 0 Å². The van der Waals surface area contributed by atoms with E-state index in [0.29, 0.717) is 19.0 Å². The Morgan fingerprint density at radius 1 is 1.43 bits per heavy atom. The Morgan fingerprint density at radius 2 is 2.14 bits per heavy atom. The first kappa shape index (κ1) is 16.3. The standard InChI is InChI=1S/C16H29N3O2/c1-4-14(5-2)19-10-12(9-15(19)20)16(21)18-13-6-7-17-11(3)8-13/h11-14,17H,4-10H2,1-3H3,(H,18,21). The molecule has 0 saturated carbocycles. The summed E-state index contributed by atoms with van der Waals surface area (Å²) < 4.78 is 0. The summed E-state index contributed by atoms with van der Waals surface area (Å²) in [5, 5.41) is 6.53. The molecule has 0 aromatic carbocycles. The van der Waals surface area contributed by atoms with Gasteiger partial charge in [0.25, 0.3) is 0 Å². The van der Waals surface area contributed by atoms with E-state index in [9.17, 15) is 9.59 Å². The fourth-order valence-electron chi connectivity index (χ4n) is 3.57. The fraction of sp³-hybridized carbons (Fsp3) is 0.875. The van der Waals surface area contributed by atoms with Crippen LogP contribution in [0.3, 0.4) is 0 Å². The predicted octanol–water partition coefficient (Wildman–Crippen LogP) is 1.28. The van der Waals surface area contributed by atoms with Gasteiger partial charge < -0.3 is 15.5 Å². The van der Waals surface area contributed by atoms with Crippen molar-refractivity contribution in [3.05, 3.63) is 0 Å². The lowest BCUT2D eigenvalue weighted by molar-refractivity contribution is -0.130. The van der Waals surface area contributed by atoms with E-state index in [1.54, 1.807) is 0 Å². The van der Waals surface area contributed by atoms with Crippen molar-refractivity contribution in [1.29, 1.82) is 0 Å². The van der Waals surface area contributed by atoms with Crippen LogP contribution in [0.2, 0.25) is 0 Å². The summed E-state index contributed by atoms with van der Waals surface area (Å²) >= 11 is 0. The topological polar surface area (TPSA) is 61.4 Å². The van der Waals surface area contributed by atoms with Crippen LogP contribution in [0.4, 0.5) is 0 Å². The van der Waals surface area contributed by atoms with Crippen LogP contribution >= 0.6 is 0 Å². The van der Waals surface area contributed by atoms with Crippen LogP contribution < -0.4 is 10.6 Å². The molecule has 0 spiro atoms. The van der Waals surface area contributed by atoms with Gasteiger partial charge in [0.2, 0.25) is 11.8 Å². The van der Waals surface area contributed by atoms with Gasteiger partial charge in [-0.1, -0.05) is 13.8 Å². The lowest BCUT2D eigenvalue weighted by Crippen LogP contribution is -2.48. The van der Waals surface area contributed by atoms with Crippen molar-refractivity contribution in [3.8, 4) is 0 Å². The zero-order chi connectivity index (χ0) is 15.4. The number of rotatable bonds is 5. The van der Waals surface area contributed by atoms with Gasteiger partial charge in [-0.2, -0.15) is 0 Å². The van der Waals surface area contributed by atoms with Crippen LogP contribution in [0.5, 0.6) is 0 Å². The van der Waals surface area contributed by atoms with Crippen molar-refractivity contribution in [3.63, 3.8) is 0 Å². The van der Waals surface area contributed by atoms with Crippen molar-refractivity contribution >= 4 is 11.8 Å². The van der Waals surface area contributed by atoms with E-state index in [-0.39, 0.29) is 29.8 Å². The Morgan fingerprint density at radius 3 is 2.76 bits per heavy atom. The van der Waals surface area contributed by atoms with Crippen LogP contribution in [0.15, 0.2) is 0 Å². The largest absolute Gasteiger partial charge is 0.353 e. The second-order valence-corrected chi connectivity index (χ2v) is 6.50. The molecular weight excluding hydrogens is 266 g/mol. The Hall–Kier alpha value is -1.10. The second kappa shape index (κ2) is 7.25. The highest BCUT2D eigenvalue weighted by atomic mass is 16.2. The van der Waals surface area contributed by atoms with E-state index >= 15 is 0 Å². The molecule has 5 heteroatoms. The Bertz CT molecular complexity index is 382. The maximum atomic E-state index is 12.4. The molecule has 21 heavy (non-hydrogen) atoms. The van der Waals surface area contributed by atoms with Crippen molar-refractivity contribution in [1.82, 2.24) is 15.5 Å². The summed E-state index contributed by atoms with van der Waals surface area (Å²) in [5.41, 5.74) is 0. The lowest BCUT2D eigenvalue weighted by atomic mass is 9.99. The molecule has 2 saturated heterocycles. The van der Waals surface area contributed by atoms with Gasteiger partial charge in [-0.3, -0.25) is 9.59 Å². The maximum absolute atomic E-state index is 12.4. The number of carbonyl (C=O) groups is 2. The van der Waals surface area contributed by atoms with Crippen molar-refractivity contribution in [2.45, 2.75) is 71.0 Å². The number of piperidine rings is 1. The molecule has 2 fully saturated rings. The fourth-order valence-corrected chi connectivity index (χ4v) is 3.57. The van der Waals surface area contributed by atoms with E-state index in [4.69, 9.17) is 0 Å². The number of hydrogen-bond donors (Lipinski definition) is 2. The molecule has 3 atom stereocenters. The van der Waals surface area contributed by atoms with Gasteiger partial charge in [0, 0.05) is 31.1 Å². The lowest BCUT2D eigenvalue weighted by Gasteiger charge is -2.30. The quantitative estimate of drug-likeness (QED) is 0.803. The molecule has 2 aliphatic heterocycles. The normalized spacial score (nSPS) is 30.0. The first-order valence-corrected chi connectivity index (χ1v) is 8.38. The van der Waals surface area contributed by atoms with Crippen LogP contribution in [0.1, 0.15) is 52.9 Å². The minimum absolute atomic E-state index is 0.0657. The van der Waals surface area contributed by atoms with Gasteiger partial charge in [-0.05, 0) is 39.2 Å². The van der Waals surface area contributed by atoms with Crippen LogP contribution in [0.25, 0.3) is 0 Å². The number of hydrogen-bond acceptors (Lipinski definition) is 3. The van der Waals surface area contributed by atoms with E-state index in [1.807, 2.05) is 4.90 Å². The molecule has 0 aromatic heterocycles. The highest BCUT2D eigenvalue weighted by Crippen LogP contribution is 2.23. The third-order valence-corrected chi connectivity index (χ3v) is 4.88. The average molecular weight is 295 g/mol. The van der Waals surface area contributed by atoms with Crippen molar-refractivity contribution in [2.75, 3.05) is 13.1 Å². The van der Waals surface area contributed by atoms with Crippen LogP contribution in [-0.2, 0) is 9.59 Å². The molecule has 2 heterocycles. The third-order valence-electron chi connectivity index (χ3n) is 4.88. The predicted molar refractivity (Wildman–Crippen MR) is 82.8 cm³/mol. The summed E-state index contributed by atoms with van der Waals surface area (Å²) in [6, 6.07) is 0.996. The molecule has 2 rings (SSSR count). The number of likely N-dealkylation sites (tertiary alicyclic amines) is 1. The summed E-state index contributed by atoms with van der Waals surface area (Å²) in [6.07, 6.45) is 4.25. The second-order valence-electron chi connectivity index (χ2n) is 6.50. The first-order valence-electron chi connectivity index (χ1n) is 8.38. The summed E-state index contributed by atoms with van der Waals surface area (Å²) in [5.74, 6) is 0.0433. The molecule has 2 amide bonds. The number of carbonyl (C=O) groups excluding carboxylic acids is 2. The number of amides is 2. The van der Waals surface area contributed by atoms with Gasteiger partial charge in [-0.25, -0.2) is 0 Å². The summed E-state index contributed by atoms with van der Waals surface area (Å²) in [4.78, 5) is 26.4. The molecule has 0 aromatic rings. The summed E-state index contributed by atoms with van der Waals surface area (Å²) in [7, 11) is 0. The Balaban J connectivity index is 1.87. The Kier molecular flexibility index (Phi) is 5.62. The van der Waals surface area contributed by atoms with E-state index in [2.05, 4.69) is 31.4 Å². The molecular formula is C16H29N3O2. The van der Waals surface area contributed by atoms with Gasteiger partial charge in [0.1, 0.15) is 0 Å². The SMILES string of the molecule is CCC(CC)N1CC(C(=O)NC2CCNC(C)C2)CC1=O. The molecule has 3 unspecified atom stereocenters. The highest BCUT2D eigenvalue weighted by Gasteiger charge is 2.37. The highest BCUT2D eigenvalue weighted by molar-refractivity contribution is 5.89. The maximum Gasteiger partial charge on any atom is 0.225 e. The monoisotopic (exact) mass is 295 g/mol. The van der Waals surface area contributed by atoms with Gasteiger partial charge in [-0.15, -0.1) is 0 Å². The average Bonchev–Trinajstić information content (AvgIpc) is 2.83. The minimum atomic E-state index is -0.164. The number of nitrogens with zero attached hydrogens (tertiary/aromatic N) is 1. The molecule has 120 valence electrons. The van der Waals surface area contributed by atoms with Crippen LogP contribution in [0, 0.1) is 5.92 Å². The smallest absolute Gasteiger partial charge is 0.225 e. The minimum Gasteiger partial charge on any atom is -0.353 e. The molecule has 2 aliphatic rings. The van der Waals surface area contributed by atoms with E-state index in [1.165, 1.54) is 0 Å². The molecule has 5 nitrogen and oxygen atoms in total. The van der Waals surface area contributed by atoms with Gasteiger partial charge in [0.05, 0.1) is 5.92 Å². The van der Waals surface area contributed by atoms with E-state index in [0.717, 1.165) is 32.2 Å². The molecule has 2 N–H and O–H groups in total. The Labute approximate surface area is 127 Å². The number of nitrogens with one attached hydrogen (secondary N) is 2. The van der Waals surface area contributed by atoms with E-state index < -0.39 is 0 Å². The summed E-state index contributed by atoms with van der Waals surface area (Å²) in [6.45, 7) is 7.90.